The van der Waals surface area contributed by atoms with Crippen LogP contribution in [0.25, 0.3) is 0 Å². The standard InChI is InChI=1S/C16H23NO/c18-13-5-9-15-8-4-11-17(12-10-15)14-16-6-2-1-3-7-16/h1-3,6-7,13,15H,4-5,8-12,14H2. The molecule has 0 aliphatic carbocycles. The van der Waals surface area contributed by atoms with Gasteiger partial charge in [0.1, 0.15) is 6.29 Å². The van der Waals surface area contributed by atoms with Gasteiger partial charge in [0.2, 0.25) is 0 Å². The number of carbonyl (C=O) groups is 1. The van der Waals surface area contributed by atoms with Crippen molar-refractivity contribution in [3.8, 4) is 0 Å². The molecule has 18 heavy (non-hydrogen) atoms. The van der Waals surface area contributed by atoms with E-state index in [9.17, 15) is 4.79 Å². The Kier molecular flexibility index (Phi) is 5.40. The molecule has 0 radical (unpaired) electrons. The van der Waals surface area contributed by atoms with Crippen LogP contribution in [0.2, 0.25) is 0 Å². The number of rotatable bonds is 5. The highest BCUT2D eigenvalue weighted by atomic mass is 16.1. The van der Waals surface area contributed by atoms with Crippen LogP contribution in [0.4, 0.5) is 0 Å². The van der Waals surface area contributed by atoms with Crippen molar-refractivity contribution in [2.75, 3.05) is 13.1 Å². The lowest BCUT2D eigenvalue weighted by Crippen LogP contribution is -2.24. The molecule has 1 aliphatic rings. The van der Waals surface area contributed by atoms with E-state index in [0.717, 1.165) is 31.6 Å². The van der Waals surface area contributed by atoms with E-state index in [2.05, 4.69) is 35.2 Å². The van der Waals surface area contributed by atoms with Crippen LogP contribution in [0, 0.1) is 5.92 Å². The Bertz CT molecular complexity index is 349. The summed E-state index contributed by atoms with van der Waals surface area (Å²) in [7, 11) is 0. The molecule has 2 heteroatoms. The van der Waals surface area contributed by atoms with Crippen LogP contribution in [0.15, 0.2) is 30.3 Å². The second kappa shape index (κ2) is 7.32. The summed E-state index contributed by atoms with van der Waals surface area (Å²) in [5.74, 6) is 0.760. The Labute approximate surface area is 110 Å². The third-order valence-corrected chi connectivity index (χ3v) is 3.88. The van der Waals surface area contributed by atoms with Gasteiger partial charge in [0.25, 0.3) is 0 Å². The maximum Gasteiger partial charge on any atom is 0.120 e. The normalized spacial score (nSPS) is 21.4. The van der Waals surface area contributed by atoms with Crippen molar-refractivity contribution in [3.63, 3.8) is 0 Å². The van der Waals surface area contributed by atoms with E-state index in [0.29, 0.717) is 0 Å². The first-order valence-corrected chi connectivity index (χ1v) is 7.08. The van der Waals surface area contributed by atoms with Crippen molar-refractivity contribution in [2.24, 2.45) is 5.92 Å². The van der Waals surface area contributed by atoms with Crippen molar-refractivity contribution in [1.29, 1.82) is 0 Å². The molecule has 0 aromatic heterocycles. The van der Waals surface area contributed by atoms with Crippen LogP contribution in [-0.4, -0.2) is 24.3 Å². The number of aldehydes is 1. The maximum absolute atomic E-state index is 10.4. The van der Waals surface area contributed by atoms with Crippen molar-refractivity contribution in [1.82, 2.24) is 4.90 Å². The molecule has 0 saturated carbocycles. The largest absolute Gasteiger partial charge is 0.303 e. The smallest absolute Gasteiger partial charge is 0.120 e. The van der Waals surface area contributed by atoms with Crippen LogP contribution in [-0.2, 0) is 11.3 Å². The van der Waals surface area contributed by atoms with Gasteiger partial charge < -0.3 is 4.79 Å². The van der Waals surface area contributed by atoms with Gasteiger partial charge in [0.15, 0.2) is 0 Å². The molecule has 0 bridgehead atoms. The maximum atomic E-state index is 10.4. The van der Waals surface area contributed by atoms with E-state index >= 15 is 0 Å². The van der Waals surface area contributed by atoms with Gasteiger partial charge in [-0.25, -0.2) is 0 Å². The number of carbonyl (C=O) groups excluding carboxylic acids is 1. The molecule has 2 rings (SSSR count). The lowest BCUT2D eigenvalue weighted by molar-refractivity contribution is -0.108. The van der Waals surface area contributed by atoms with E-state index < -0.39 is 0 Å². The number of hydrogen-bond donors (Lipinski definition) is 0. The Morgan fingerprint density at radius 1 is 1.17 bits per heavy atom. The van der Waals surface area contributed by atoms with Crippen LogP contribution in [0.5, 0.6) is 0 Å². The minimum Gasteiger partial charge on any atom is -0.303 e. The Hall–Kier alpha value is -1.15. The number of hydrogen-bond acceptors (Lipinski definition) is 2. The molecule has 1 fully saturated rings. The number of likely N-dealkylation sites (tertiary alicyclic amines) is 1. The van der Waals surface area contributed by atoms with Crippen molar-refractivity contribution >= 4 is 6.29 Å². The van der Waals surface area contributed by atoms with Gasteiger partial charge in [-0.15, -0.1) is 0 Å². The highest BCUT2D eigenvalue weighted by Gasteiger charge is 2.16. The SMILES string of the molecule is O=CCCC1CCCN(Cc2ccccc2)CC1. The highest BCUT2D eigenvalue weighted by Crippen LogP contribution is 2.22. The lowest BCUT2D eigenvalue weighted by Gasteiger charge is -2.20. The molecule has 1 unspecified atom stereocenters. The fraction of sp³-hybridized carbons (Fsp3) is 0.562. The van der Waals surface area contributed by atoms with Crippen LogP contribution in [0.1, 0.15) is 37.7 Å². The molecule has 1 aromatic carbocycles. The van der Waals surface area contributed by atoms with Gasteiger partial charge in [0, 0.05) is 13.0 Å². The molecule has 2 nitrogen and oxygen atoms in total. The first-order chi connectivity index (χ1) is 8.88. The summed E-state index contributed by atoms with van der Waals surface area (Å²) in [6.07, 6.45) is 6.70. The molecule has 1 saturated heterocycles. The minimum atomic E-state index is 0.739. The molecule has 0 amide bonds. The van der Waals surface area contributed by atoms with E-state index in [1.165, 1.54) is 37.9 Å². The minimum absolute atomic E-state index is 0.739. The summed E-state index contributed by atoms with van der Waals surface area (Å²) in [5.41, 5.74) is 1.41. The monoisotopic (exact) mass is 245 g/mol. The summed E-state index contributed by atoms with van der Waals surface area (Å²) in [6, 6.07) is 10.7. The Morgan fingerprint density at radius 2 is 2.00 bits per heavy atom. The molecule has 1 aromatic rings. The molecule has 0 spiro atoms. The molecule has 0 N–H and O–H groups in total. The third-order valence-electron chi connectivity index (χ3n) is 3.88. The highest BCUT2D eigenvalue weighted by molar-refractivity contribution is 5.49. The Morgan fingerprint density at radius 3 is 2.78 bits per heavy atom. The first-order valence-electron chi connectivity index (χ1n) is 7.08. The van der Waals surface area contributed by atoms with Gasteiger partial charge >= 0.3 is 0 Å². The predicted octanol–water partition coefficient (Wildman–Crippen LogP) is 3.27. The zero-order valence-electron chi connectivity index (χ0n) is 11.1. The van der Waals surface area contributed by atoms with Crippen LogP contribution in [0.3, 0.4) is 0 Å². The molecule has 1 heterocycles. The molecular formula is C16H23NO. The van der Waals surface area contributed by atoms with Gasteiger partial charge in [0.05, 0.1) is 0 Å². The zero-order chi connectivity index (χ0) is 12.6. The average Bonchev–Trinajstić information content (AvgIpc) is 2.63. The fourth-order valence-electron chi connectivity index (χ4n) is 2.82. The quantitative estimate of drug-likeness (QED) is 0.742. The van der Waals surface area contributed by atoms with Crippen molar-refractivity contribution < 1.29 is 4.79 Å². The zero-order valence-corrected chi connectivity index (χ0v) is 11.1. The summed E-state index contributed by atoms with van der Waals surface area (Å²) < 4.78 is 0. The van der Waals surface area contributed by atoms with E-state index in [-0.39, 0.29) is 0 Å². The summed E-state index contributed by atoms with van der Waals surface area (Å²) in [4.78, 5) is 13.0. The third kappa shape index (κ3) is 4.26. The second-order valence-electron chi connectivity index (χ2n) is 5.30. The predicted molar refractivity (Wildman–Crippen MR) is 74.4 cm³/mol. The lowest BCUT2D eigenvalue weighted by atomic mass is 9.96. The molecule has 98 valence electrons. The van der Waals surface area contributed by atoms with E-state index in [1.807, 2.05) is 0 Å². The number of benzene rings is 1. The van der Waals surface area contributed by atoms with Crippen LogP contribution >= 0.6 is 0 Å². The van der Waals surface area contributed by atoms with Crippen molar-refractivity contribution in [2.45, 2.75) is 38.6 Å². The fourth-order valence-corrected chi connectivity index (χ4v) is 2.82. The molecule has 1 atom stereocenters. The average molecular weight is 245 g/mol. The Balaban J connectivity index is 1.80. The van der Waals surface area contributed by atoms with Crippen molar-refractivity contribution in [3.05, 3.63) is 35.9 Å². The summed E-state index contributed by atoms with van der Waals surface area (Å²) in [5, 5.41) is 0. The van der Waals surface area contributed by atoms with E-state index in [4.69, 9.17) is 0 Å². The topological polar surface area (TPSA) is 20.3 Å². The van der Waals surface area contributed by atoms with Gasteiger partial charge in [-0.1, -0.05) is 30.3 Å². The van der Waals surface area contributed by atoms with E-state index in [1.54, 1.807) is 0 Å². The van der Waals surface area contributed by atoms with Gasteiger partial charge in [-0.2, -0.15) is 0 Å². The molecular weight excluding hydrogens is 222 g/mol. The number of nitrogens with zero attached hydrogens (tertiary/aromatic N) is 1. The summed E-state index contributed by atoms with van der Waals surface area (Å²) in [6.45, 7) is 3.45. The second-order valence-corrected chi connectivity index (χ2v) is 5.30. The first kappa shape index (κ1) is 13.3. The summed E-state index contributed by atoms with van der Waals surface area (Å²) >= 11 is 0. The van der Waals surface area contributed by atoms with Gasteiger partial charge in [-0.05, 0) is 50.3 Å². The molecule has 1 aliphatic heterocycles. The van der Waals surface area contributed by atoms with Crippen LogP contribution < -0.4 is 0 Å². The van der Waals surface area contributed by atoms with Gasteiger partial charge in [-0.3, -0.25) is 4.90 Å².